The fourth-order valence-electron chi connectivity index (χ4n) is 5.40. The smallest absolute Gasteiger partial charge is 0.181 e. The third-order valence-corrected chi connectivity index (χ3v) is 9.32. The number of nitrogens with one attached hydrogen (secondary N) is 2. The van der Waals surface area contributed by atoms with Crippen molar-refractivity contribution in [3.05, 3.63) is 59.2 Å². The molecule has 32 heavy (non-hydrogen) atoms. The topological polar surface area (TPSA) is 67.4 Å². The third kappa shape index (κ3) is 4.69. The van der Waals surface area contributed by atoms with Crippen LogP contribution in [0.15, 0.2) is 47.4 Å². The lowest BCUT2D eigenvalue weighted by molar-refractivity contribution is 0.301. The second-order valence-corrected chi connectivity index (χ2v) is 11.3. The van der Waals surface area contributed by atoms with Crippen LogP contribution in [0.5, 0.6) is 5.75 Å². The van der Waals surface area contributed by atoms with E-state index in [2.05, 4.69) is 34.9 Å². The molecule has 1 saturated carbocycles. The van der Waals surface area contributed by atoms with Gasteiger partial charge in [0, 0.05) is 30.6 Å². The second kappa shape index (κ2) is 10.1. The van der Waals surface area contributed by atoms with E-state index in [1.165, 1.54) is 5.56 Å². The zero-order valence-corrected chi connectivity index (χ0v) is 20.0. The highest BCUT2D eigenvalue weighted by Crippen LogP contribution is 2.36. The summed E-state index contributed by atoms with van der Waals surface area (Å²) in [5.41, 5.74) is 3.31. The summed E-state index contributed by atoms with van der Waals surface area (Å²) < 4.78 is 32.4. The summed E-state index contributed by atoms with van der Waals surface area (Å²) >= 11 is 0. The van der Waals surface area contributed by atoms with Crippen molar-refractivity contribution in [1.29, 1.82) is 0 Å². The van der Waals surface area contributed by atoms with Crippen LogP contribution in [0.4, 0.5) is 0 Å². The predicted molar refractivity (Wildman–Crippen MR) is 129 cm³/mol. The normalized spacial score (nSPS) is 23.4. The largest absolute Gasteiger partial charge is 0.493 e. The lowest BCUT2D eigenvalue weighted by atomic mass is 9.92. The van der Waals surface area contributed by atoms with E-state index in [0.717, 1.165) is 68.4 Å². The highest BCUT2D eigenvalue weighted by atomic mass is 35.5. The maximum absolute atomic E-state index is 13.3. The van der Waals surface area contributed by atoms with Gasteiger partial charge in [-0.05, 0) is 55.5 Å². The summed E-state index contributed by atoms with van der Waals surface area (Å²) in [6, 6.07) is 14.9. The zero-order chi connectivity index (χ0) is 21.3. The molecule has 1 saturated heterocycles. The van der Waals surface area contributed by atoms with Gasteiger partial charge < -0.3 is 15.4 Å². The first-order valence-electron chi connectivity index (χ1n) is 11.7. The molecule has 2 aromatic carbocycles. The van der Waals surface area contributed by atoms with Gasteiger partial charge in [-0.3, -0.25) is 0 Å². The van der Waals surface area contributed by atoms with Crippen LogP contribution in [0.1, 0.15) is 61.3 Å². The molecule has 3 aliphatic rings. The van der Waals surface area contributed by atoms with Crippen LogP contribution >= 0.6 is 12.4 Å². The summed E-state index contributed by atoms with van der Waals surface area (Å²) in [6.07, 6.45) is 6.62. The molecule has 7 heteroatoms. The Morgan fingerprint density at radius 2 is 1.81 bits per heavy atom. The van der Waals surface area contributed by atoms with Crippen LogP contribution in [0.2, 0.25) is 0 Å². The number of hydrogen-bond acceptors (Lipinski definition) is 5. The van der Waals surface area contributed by atoms with Gasteiger partial charge in [-0.1, -0.05) is 43.2 Å². The van der Waals surface area contributed by atoms with Crippen molar-refractivity contribution in [3.8, 4) is 5.75 Å². The second-order valence-electron chi connectivity index (χ2n) is 9.09. The molecule has 0 spiro atoms. The Morgan fingerprint density at radius 3 is 2.59 bits per heavy atom. The van der Waals surface area contributed by atoms with E-state index in [0.29, 0.717) is 24.1 Å². The minimum absolute atomic E-state index is 0. The van der Waals surface area contributed by atoms with E-state index in [4.69, 9.17) is 4.74 Å². The predicted octanol–water partition coefficient (Wildman–Crippen LogP) is 4.34. The highest BCUT2D eigenvalue weighted by Gasteiger charge is 2.33. The Labute approximate surface area is 197 Å². The number of ether oxygens (including phenoxy) is 1. The molecule has 0 radical (unpaired) electrons. The van der Waals surface area contributed by atoms with Crippen molar-refractivity contribution in [2.45, 2.75) is 73.7 Å². The van der Waals surface area contributed by atoms with Gasteiger partial charge in [-0.15, -0.1) is 12.4 Å². The van der Waals surface area contributed by atoms with Gasteiger partial charge in [0.15, 0.2) is 9.84 Å². The Balaban J connectivity index is 0.00000245. The number of fused-ring (bicyclic) bond motifs is 1. The maximum atomic E-state index is 13.3. The van der Waals surface area contributed by atoms with E-state index in [9.17, 15) is 8.42 Å². The molecule has 0 amide bonds. The molecule has 2 aromatic rings. The van der Waals surface area contributed by atoms with Crippen molar-refractivity contribution in [1.82, 2.24) is 10.6 Å². The standard InChI is InChI=1S/C25H32N2O3S.ClH/c28-31(29,21-9-4-5-10-21)22-15-19-12-14-30-25(19)20(16-22)17-27-23-11-6-13-26-24(23)18-7-2-1-3-8-18;/h1-3,7-8,15-16,21,23-24,26-27H,4-6,9-14,17H2;1H/t23-,24-;/m0./s1. The first-order valence-corrected chi connectivity index (χ1v) is 13.2. The van der Waals surface area contributed by atoms with Crippen molar-refractivity contribution >= 4 is 22.2 Å². The summed E-state index contributed by atoms with van der Waals surface area (Å²) in [5.74, 6) is 0.887. The van der Waals surface area contributed by atoms with Gasteiger partial charge in [-0.2, -0.15) is 0 Å². The molecule has 2 N–H and O–H groups in total. The monoisotopic (exact) mass is 476 g/mol. The molecule has 2 aliphatic heterocycles. The molecule has 0 aromatic heterocycles. The van der Waals surface area contributed by atoms with Gasteiger partial charge in [-0.25, -0.2) is 8.42 Å². The Morgan fingerprint density at radius 1 is 1.03 bits per heavy atom. The number of benzene rings is 2. The quantitative estimate of drug-likeness (QED) is 0.649. The number of piperidine rings is 1. The lowest BCUT2D eigenvalue weighted by Crippen LogP contribution is -2.45. The van der Waals surface area contributed by atoms with Crippen LogP contribution in [0, 0.1) is 0 Å². The summed E-state index contributed by atoms with van der Waals surface area (Å²) in [6.45, 7) is 2.27. The number of hydrogen-bond donors (Lipinski definition) is 2. The van der Waals surface area contributed by atoms with Crippen molar-refractivity contribution in [2.75, 3.05) is 13.2 Å². The van der Waals surface area contributed by atoms with Gasteiger partial charge in [0.2, 0.25) is 0 Å². The van der Waals surface area contributed by atoms with Crippen molar-refractivity contribution in [2.24, 2.45) is 0 Å². The molecule has 0 bridgehead atoms. The van der Waals surface area contributed by atoms with Gasteiger partial charge in [0.1, 0.15) is 5.75 Å². The molecule has 174 valence electrons. The molecule has 0 unspecified atom stereocenters. The number of sulfone groups is 1. The molecular weight excluding hydrogens is 444 g/mol. The molecule has 5 rings (SSSR count). The molecule has 1 aliphatic carbocycles. The summed E-state index contributed by atoms with van der Waals surface area (Å²) in [5, 5.41) is 7.16. The minimum atomic E-state index is -3.28. The lowest BCUT2D eigenvalue weighted by Gasteiger charge is -2.34. The van der Waals surface area contributed by atoms with E-state index in [1.54, 1.807) is 0 Å². The number of rotatable bonds is 6. The van der Waals surface area contributed by atoms with E-state index >= 15 is 0 Å². The van der Waals surface area contributed by atoms with Crippen LogP contribution in [0.25, 0.3) is 0 Å². The molecule has 5 nitrogen and oxygen atoms in total. The minimum Gasteiger partial charge on any atom is -0.493 e. The van der Waals surface area contributed by atoms with E-state index < -0.39 is 9.84 Å². The summed E-state index contributed by atoms with van der Waals surface area (Å²) in [7, 11) is -3.28. The van der Waals surface area contributed by atoms with Gasteiger partial charge in [0.05, 0.1) is 16.8 Å². The van der Waals surface area contributed by atoms with Crippen LogP contribution in [0.3, 0.4) is 0 Å². The van der Waals surface area contributed by atoms with Gasteiger partial charge in [0.25, 0.3) is 0 Å². The van der Waals surface area contributed by atoms with Crippen molar-refractivity contribution in [3.63, 3.8) is 0 Å². The van der Waals surface area contributed by atoms with Crippen molar-refractivity contribution < 1.29 is 13.2 Å². The molecular formula is C25H33ClN2O3S. The van der Waals surface area contributed by atoms with E-state index in [1.807, 2.05) is 18.2 Å². The summed E-state index contributed by atoms with van der Waals surface area (Å²) in [4.78, 5) is 0.488. The first kappa shape index (κ1) is 23.6. The Hall–Kier alpha value is -1.60. The third-order valence-electron chi connectivity index (χ3n) is 7.08. The fraction of sp³-hybridized carbons (Fsp3) is 0.520. The fourth-order valence-corrected chi connectivity index (χ4v) is 7.36. The first-order chi connectivity index (χ1) is 15.1. The Kier molecular flexibility index (Phi) is 7.45. The van der Waals surface area contributed by atoms with Crippen LogP contribution in [-0.2, 0) is 22.8 Å². The number of halogens is 1. The molecule has 2 atom stereocenters. The van der Waals surface area contributed by atoms with E-state index in [-0.39, 0.29) is 23.7 Å². The SMILES string of the molecule is Cl.O=S(=O)(c1cc2c(c(CN[C@H]3CCCN[C@H]3c3ccccc3)c1)OCC2)C1CCCC1. The Bertz CT molecular complexity index is 1020. The van der Waals surface area contributed by atoms with Gasteiger partial charge >= 0.3 is 0 Å². The maximum Gasteiger partial charge on any atom is 0.181 e. The zero-order valence-electron chi connectivity index (χ0n) is 18.4. The van der Waals surface area contributed by atoms with Crippen LogP contribution < -0.4 is 15.4 Å². The average Bonchev–Trinajstić information content (AvgIpc) is 3.50. The highest BCUT2D eigenvalue weighted by molar-refractivity contribution is 7.92. The molecule has 2 fully saturated rings. The molecule has 2 heterocycles. The van der Waals surface area contributed by atoms with Crippen LogP contribution in [-0.4, -0.2) is 32.9 Å². The average molecular weight is 477 g/mol.